The summed E-state index contributed by atoms with van der Waals surface area (Å²) in [6, 6.07) is 3.59. The summed E-state index contributed by atoms with van der Waals surface area (Å²) in [7, 11) is 3.16. The van der Waals surface area contributed by atoms with E-state index in [-0.39, 0.29) is 12.0 Å². The average Bonchev–Trinajstić information content (AvgIpc) is 2.54. The van der Waals surface area contributed by atoms with Gasteiger partial charge in [0.25, 0.3) is 5.91 Å². The molecular weight excluding hydrogens is 397 g/mol. The van der Waals surface area contributed by atoms with Gasteiger partial charge in [-0.3, -0.25) is 4.79 Å². The van der Waals surface area contributed by atoms with Crippen LogP contribution < -0.4 is 9.47 Å². The Morgan fingerprint density at radius 2 is 2.00 bits per heavy atom. The highest BCUT2D eigenvalue weighted by atomic mass is 127. The van der Waals surface area contributed by atoms with Gasteiger partial charge in [-0.15, -0.1) is 0 Å². The van der Waals surface area contributed by atoms with Crippen molar-refractivity contribution in [1.82, 2.24) is 4.90 Å². The fourth-order valence-electron chi connectivity index (χ4n) is 2.68. The Morgan fingerprint density at radius 3 is 2.64 bits per heavy atom. The lowest BCUT2D eigenvalue weighted by atomic mass is 10.1. The van der Waals surface area contributed by atoms with Crippen LogP contribution in [-0.2, 0) is 4.74 Å². The minimum Gasteiger partial charge on any atom is -0.493 e. The van der Waals surface area contributed by atoms with Crippen molar-refractivity contribution in [3.05, 3.63) is 21.3 Å². The van der Waals surface area contributed by atoms with Crippen LogP contribution in [-0.4, -0.2) is 50.8 Å². The van der Waals surface area contributed by atoms with E-state index < -0.39 is 0 Å². The predicted octanol–water partition coefficient (Wildman–Crippen LogP) is 2.95. The predicted molar refractivity (Wildman–Crippen MR) is 92.8 cm³/mol. The zero-order valence-corrected chi connectivity index (χ0v) is 15.4. The number of benzene rings is 1. The van der Waals surface area contributed by atoms with E-state index in [4.69, 9.17) is 14.2 Å². The highest BCUT2D eigenvalue weighted by molar-refractivity contribution is 14.1. The number of nitrogens with zero attached hydrogens (tertiary/aromatic N) is 1. The van der Waals surface area contributed by atoms with Crippen LogP contribution in [0.1, 0.15) is 30.1 Å². The van der Waals surface area contributed by atoms with Gasteiger partial charge in [-0.1, -0.05) is 0 Å². The molecule has 0 spiro atoms. The highest BCUT2D eigenvalue weighted by Gasteiger charge is 2.26. The first-order valence-electron chi connectivity index (χ1n) is 7.43. The fraction of sp³-hybridized carbons (Fsp3) is 0.562. The lowest BCUT2D eigenvalue weighted by Crippen LogP contribution is -2.43. The van der Waals surface area contributed by atoms with Crippen LogP contribution in [0.4, 0.5) is 0 Å². The van der Waals surface area contributed by atoms with E-state index >= 15 is 0 Å². The molecule has 6 heteroatoms. The second-order valence-corrected chi connectivity index (χ2v) is 6.32. The van der Waals surface area contributed by atoms with Crippen molar-refractivity contribution in [1.29, 1.82) is 0 Å². The van der Waals surface area contributed by atoms with Gasteiger partial charge < -0.3 is 19.1 Å². The van der Waals surface area contributed by atoms with Crippen LogP contribution in [0.2, 0.25) is 0 Å². The molecule has 1 atom stereocenters. The second-order valence-electron chi connectivity index (χ2n) is 5.16. The molecule has 1 saturated heterocycles. The molecule has 2 rings (SSSR count). The molecule has 1 heterocycles. The minimum absolute atomic E-state index is 0.0229. The van der Waals surface area contributed by atoms with E-state index in [1.165, 1.54) is 0 Å². The third-order valence-corrected chi connectivity index (χ3v) is 4.66. The molecule has 0 radical (unpaired) electrons. The number of hydrogen-bond donors (Lipinski definition) is 0. The topological polar surface area (TPSA) is 48.0 Å². The number of halogens is 1. The van der Waals surface area contributed by atoms with E-state index in [0.29, 0.717) is 30.2 Å². The first kappa shape index (κ1) is 17.3. The number of likely N-dealkylation sites (tertiary alicyclic amines) is 1. The Hall–Kier alpha value is -1.02. The quantitative estimate of drug-likeness (QED) is 0.689. The van der Waals surface area contributed by atoms with Crippen molar-refractivity contribution in [3.8, 4) is 11.5 Å². The summed E-state index contributed by atoms with van der Waals surface area (Å²) >= 11 is 2.16. The first-order chi connectivity index (χ1) is 10.6. The van der Waals surface area contributed by atoms with E-state index in [1.54, 1.807) is 20.3 Å². The second kappa shape index (κ2) is 8.01. The van der Waals surface area contributed by atoms with E-state index in [1.807, 2.05) is 17.9 Å². The van der Waals surface area contributed by atoms with Gasteiger partial charge in [0.05, 0.1) is 25.9 Å². The van der Waals surface area contributed by atoms with Crippen LogP contribution >= 0.6 is 22.6 Å². The largest absolute Gasteiger partial charge is 0.493 e. The van der Waals surface area contributed by atoms with Gasteiger partial charge in [0.2, 0.25) is 0 Å². The van der Waals surface area contributed by atoms with Crippen LogP contribution in [0.15, 0.2) is 12.1 Å². The SMILES string of the molecule is CCOC1CCCN(C(=O)c2cc(OC)c(OC)cc2I)C1. The molecule has 0 N–H and O–H groups in total. The van der Waals surface area contributed by atoms with Gasteiger partial charge in [-0.25, -0.2) is 0 Å². The van der Waals surface area contributed by atoms with Crippen LogP contribution in [0.5, 0.6) is 11.5 Å². The molecule has 1 amide bonds. The molecule has 0 bridgehead atoms. The summed E-state index contributed by atoms with van der Waals surface area (Å²) in [4.78, 5) is 14.7. The van der Waals surface area contributed by atoms with Gasteiger partial charge in [0.15, 0.2) is 11.5 Å². The normalized spacial score (nSPS) is 18.2. The molecule has 1 unspecified atom stereocenters. The Morgan fingerprint density at radius 1 is 1.32 bits per heavy atom. The van der Waals surface area contributed by atoms with Crippen molar-refractivity contribution in [3.63, 3.8) is 0 Å². The number of amides is 1. The highest BCUT2D eigenvalue weighted by Crippen LogP contribution is 2.32. The monoisotopic (exact) mass is 419 g/mol. The molecule has 0 saturated carbocycles. The Kier molecular flexibility index (Phi) is 6.31. The number of piperidine rings is 1. The first-order valence-corrected chi connectivity index (χ1v) is 8.51. The lowest BCUT2D eigenvalue weighted by molar-refractivity contribution is 0.00719. The number of carbonyl (C=O) groups excluding carboxylic acids is 1. The number of rotatable bonds is 5. The summed E-state index contributed by atoms with van der Waals surface area (Å²) in [6.07, 6.45) is 2.13. The molecule has 122 valence electrons. The minimum atomic E-state index is 0.0229. The molecular formula is C16H22INO4. The Balaban J connectivity index is 2.21. The summed E-state index contributed by atoms with van der Waals surface area (Å²) in [5, 5.41) is 0. The molecule has 1 fully saturated rings. The van der Waals surface area contributed by atoms with Crippen molar-refractivity contribution < 1.29 is 19.0 Å². The summed E-state index contributed by atoms with van der Waals surface area (Å²) in [5.74, 6) is 1.23. The van der Waals surface area contributed by atoms with Gasteiger partial charge >= 0.3 is 0 Å². The maximum atomic E-state index is 12.8. The maximum absolute atomic E-state index is 12.8. The van der Waals surface area contributed by atoms with Crippen molar-refractivity contribution in [2.45, 2.75) is 25.9 Å². The summed E-state index contributed by atoms with van der Waals surface area (Å²) in [5.41, 5.74) is 0.649. The molecule has 1 aromatic rings. The van der Waals surface area contributed by atoms with Gasteiger partial charge in [0, 0.05) is 23.3 Å². The number of carbonyl (C=O) groups is 1. The molecule has 1 aromatic carbocycles. The molecule has 0 aliphatic carbocycles. The number of methoxy groups -OCH3 is 2. The average molecular weight is 419 g/mol. The van der Waals surface area contributed by atoms with Crippen LogP contribution in [0.25, 0.3) is 0 Å². The van der Waals surface area contributed by atoms with E-state index in [9.17, 15) is 4.79 Å². The molecule has 1 aliphatic rings. The van der Waals surface area contributed by atoms with E-state index in [0.717, 1.165) is 23.0 Å². The summed E-state index contributed by atoms with van der Waals surface area (Å²) < 4.78 is 17.1. The summed E-state index contributed by atoms with van der Waals surface area (Å²) in [6.45, 7) is 4.09. The van der Waals surface area contributed by atoms with Crippen LogP contribution in [0.3, 0.4) is 0 Å². The zero-order valence-electron chi connectivity index (χ0n) is 13.2. The van der Waals surface area contributed by atoms with Gasteiger partial charge in [-0.2, -0.15) is 0 Å². The van der Waals surface area contributed by atoms with E-state index in [2.05, 4.69) is 22.6 Å². The van der Waals surface area contributed by atoms with Crippen molar-refractivity contribution in [2.75, 3.05) is 33.9 Å². The molecule has 1 aliphatic heterocycles. The van der Waals surface area contributed by atoms with Crippen molar-refractivity contribution in [2.24, 2.45) is 0 Å². The van der Waals surface area contributed by atoms with Gasteiger partial charge in [0.1, 0.15) is 0 Å². The molecule has 0 aromatic heterocycles. The van der Waals surface area contributed by atoms with Gasteiger partial charge in [-0.05, 0) is 54.5 Å². The standard InChI is InChI=1S/C16H22INO4/c1-4-22-11-6-5-7-18(10-11)16(19)12-8-14(20-2)15(21-3)9-13(12)17/h8-9,11H,4-7,10H2,1-3H3. The Labute approximate surface area is 145 Å². The maximum Gasteiger partial charge on any atom is 0.255 e. The number of hydrogen-bond acceptors (Lipinski definition) is 4. The molecule has 5 nitrogen and oxygen atoms in total. The third-order valence-electron chi connectivity index (χ3n) is 3.77. The van der Waals surface area contributed by atoms with Crippen molar-refractivity contribution >= 4 is 28.5 Å². The molecule has 22 heavy (non-hydrogen) atoms. The number of ether oxygens (including phenoxy) is 3. The lowest BCUT2D eigenvalue weighted by Gasteiger charge is -2.32. The third kappa shape index (κ3) is 3.84. The fourth-order valence-corrected chi connectivity index (χ4v) is 3.35. The van der Waals surface area contributed by atoms with Crippen LogP contribution in [0, 0.1) is 3.57 Å². The Bertz CT molecular complexity index is 533. The smallest absolute Gasteiger partial charge is 0.255 e. The zero-order chi connectivity index (χ0) is 16.1.